The largest absolute Gasteiger partial charge is 0.479 e. The Morgan fingerprint density at radius 3 is 2.75 bits per heavy atom. The number of carboxylic acids is 1. The van der Waals surface area contributed by atoms with Gasteiger partial charge in [0, 0.05) is 6.42 Å². The van der Waals surface area contributed by atoms with E-state index >= 15 is 0 Å². The quantitative estimate of drug-likeness (QED) is 0.902. The first-order chi connectivity index (χ1) is 9.38. The molecule has 0 radical (unpaired) electrons. The van der Waals surface area contributed by atoms with Crippen LogP contribution in [-0.2, 0) is 22.5 Å². The number of rotatable bonds is 2. The molecule has 20 heavy (non-hydrogen) atoms. The van der Waals surface area contributed by atoms with Gasteiger partial charge in [-0.2, -0.15) is 0 Å². The van der Waals surface area contributed by atoms with Crippen LogP contribution in [0, 0.1) is 5.82 Å². The van der Waals surface area contributed by atoms with Gasteiger partial charge in [0.25, 0.3) is 0 Å². The Hall–Kier alpha value is -2.11. The molecule has 1 heterocycles. The average molecular weight is 281 g/mol. The molecule has 5 nitrogen and oxygen atoms in total. The summed E-state index contributed by atoms with van der Waals surface area (Å²) < 4.78 is 18.2. The van der Waals surface area contributed by atoms with Crippen LogP contribution in [0.15, 0.2) is 18.2 Å². The fourth-order valence-electron chi connectivity index (χ4n) is 2.38. The van der Waals surface area contributed by atoms with Crippen LogP contribution < -0.4 is 0 Å². The van der Waals surface area contributed by atoms with Crippen LogP contribution in [0.1, 0.15) is 25.0 Å². The van der Waals surface area contributed by atoms with Crippen LogP contribution in [0.25, 0.3) is 0 Å². The number of carbonyl (C=O) groups is 2. The Morgan fingerprint density at radius 2 is 2.15 bits per heavy atom. The summed E-state index contributed by atoms with van der Waals surface area (Å²) in [5.41, 5.74) is -0.0505. The fraction of sp³-hybridized carbons (Fsp3) is 0.429. The number of hydrogen-bond acceptors (Lipinski definition) is 3. The molecule has 0 fully saturated rings. The van der Waals surface area contributed by atoms with E-state index < -0.39 is 23.4 Å². The van der Waals surface area contributed by atoms with Gasteiger partial charge in [0.15, 0.2) is 0 Å². The van der Waals surface area contributed by atoms with Crippen molar-refractivity contribution in [1.82, 2.24) is 4.90 Å². The van der Waals surface area contributed by atoms with E-state index in [1.54, 1.807) is 13.0 Å². The first kappa shape index (κ1) is 14.3. The molecule has 0 aliphatic carbocycles. The summed E-state index contributed by atoms with van der Waals surface area (Å²) in [7, 11) is 0. The molecule has 0 saturated carbocycles. The lowest BCUT2D eigenvalue weighted by atomic mass is 9.84. The van der Waals surface area contributed by atoms with E-state index in [4.69, 9.17) is 4.74 Å². The van der Waals surface area contributed by atoms with Gasteiger partial charge < -0.3 is 9.84 Å². The minimum absolute atomic E-state index is 0.0225. The topological polar surface area (TPSA) is 66.8 Å². The number of fused-ring (bicyclic) bond motifs is 1. The van der Waals surface area contributed by atoms with Gasteiger partial charge in [-0.3, -0.25) is 4.90 Å². The molecule has 1 aliphatic rings. The zero-order chi connectivity index (χ0) is 14.9. The van der Waals surface area contributed by atoms with Gasteiger partial charge in [-0.1, -0.05) is 6.07 Å². The van der Waals surface area contributed by atoms with E-state index in [0.29, 0.717) is 5.56 Å². The summed E-state index contributed by atoms with van der Waals surface area (Å²) in [6.07, 6.45) is -0.580. The number of benzene rings is 1. The van der Waals surface area contributed by atoms with Crippen molar-refractivity contribution < 1.29 is 23.8 Å². The molecule has 0 aromatic heterocycles. The summed E-state index contributed by atoms with van der Waals surface area (Å²) in [4.78, 5) is 24.6. The number of carboxylic acid groups (broad SMARTS) is 1. The van der Waals surface area contributed by atoms with Crippen LogP contribution >= 0.6 is 0 Å². The number of ether oxygens (including phenoxy) is 1. The standard InChI is InChI=1S/C14H16FNO4/c1-3-20-13(19)16-8-10-6-11(15)5-4-9(10)7-14(16,2)12(17)18/h4-6H,3,7-8H2,1-2H3,(H,17,18)/t14-/m0/s1. The average Bonchev–Trinajstić information content (AvgIpc) is 2.38. The molecule has 108 valence electrons. The summed E-state index contributed by atoms with van der Waals surface area (Å²) >= 11 is 0. The number of halogens is 1. The van der Waals surface area contributed by atoms with Crippen molar-refractivity contribution in [3.8, 4) is 0 Å². The molecule has 0 spiro atoms. The van der Waals surface area contributed by atoms with Crippen molar-refractivity contribution in [3.05, 3.63) is 35.1 Å². The van der Waals surface area contributed by atoms with Crippen LogP contribution in [0.4, 0.5) is 9.18 Å². The predicted octanol–water partition coefficient (Wildman–Crippen LogP) is 2.18. The van der Waals surface area contributed by atoms with Crippen molar-refractivity contribution in [2.45, 2.75) is 32.4 Å². The van der Waals surface area contributed by atoms with Crippen LogP contribution in [-0.4, -0.2) is 34.2 Å². The van der Waals surface area contributed by atoms with E-state index in [0.717, 1.165) is 10.5 Å². The first-order valence-corrected chi connectivity index (χ1v) is 6.33. The van der Waals surface area contributed by atoms with Crippen LogP contribution in [0.2, 0.25) is 0 Å². The summed E-state index contributed by atoms with van der Waals surface area (Å²) in [5, 5.41) is 9.44. The molecule has 1 N–H and O–H groups in total. The van der Waals surface area contributed by atoms with Crippen molar-refractivity contribution in [2.24, 2.45) is 0 Å². The molecule has 0 bridgehead atoms. The lowest BCUT2D eigenvalue weighted by Crippen LogP contribution is -2.58. The van der Waals surface area contributed by atoms with Gasteiger partial charge >= 0.3 is 12.1 Å². The van der Waals surface area contributed by atoms with Gasteiger partial charge in [-0.05, 0) is 37.1 Å². The third-order valence-electron chi connectivity index (χ3n) is 3.58. The summed E-state index contributed by atoms with van der Waals surface area (Å²) in [6, 6.07) is 4.18. The minimum Gasteiger partial charge on any atom is -0.479 e. The molecule has 1 aromatic carbocycles. The third-order valence-corrected chi connectivity index (χ3v) is 3.58. The Bertz CT molecular complexity index is 560. The highest BCUT2D eigenvalue weighted by Crippen LogP contribution is 2.32. The minimum atomic E-state index is -1.39. The van der Waals surface area contributed by atoms with Crippen molar-refractivity contribution in [3.63, 3.8) is 0 Å². The summed E-state index contributed by atoms with van der Waals surface area (Å²) in [5.74, 6) is -1.52. The highest BCUT2D eigenvalue weighted by atomic mass is 19.1. The van der Waals surface area contributed by atoms with E-state index in [-0.39, 0.29) is 19.6 Å². The Morgan fingerprint density at radius 1 is 1.45 bits per heavy atom. The molecule has 0 unspecified atom stereocenters. The second kappa shape index (κ2) is 5.11. The predicted molar refractivity (Wildman–Crippen MR) is 68.7 cm³/mol. The molecule has 6 heteroatoms. The van der Waals surface area contributed by atoms with Crippen molar-refractivity contribution in [2.75, 3.05) is 6.61 Å². The number of nitrogens with zero attached hydrogens (tertiary/aromatic N) is 1. The second-order valence-electron chi connectivity index (χ2n) is 4.95. The maximum Gasteiger partial charge on any atom is 0.411 e. The Labute approximate surface area is 116 Å². The van der Waals surface area contributed by atoms with E-state index in [1.165, 1.54) is 19.1 Å². The molecule has 1 atom stereocenters. The second-order valence-corrected chi connectivity index (χ2v) is 4.95. The lowest BCUT2D eigenvalue weighted by Gasteiger charge is -2.41. The molecule has 2 rings (SSSR count). The zero-order valence-electron chi connectivity index (χ0n) is 11.4. The molecular weight excluding hydrogens is 265 g/mol. The smallest absolute Gasteiger partial charge is 0.411 e. The van der Waals surface area contributed by atoms with Gasteiger partial charge in [0.1, 0.15) is 11.4 Å². The fourth-order valence-corrected chi connectivity index (χ4v) is 2.38. The van der Waals surface area contributed by atoms with Crippen molar-refractivity contribution >= 4 is 12.1 Å². The number of hydrogen-bond donors (Lipinski definition) is 1. The van der Waals surface area contributed by atoms with Gasteiger partial charge in [0.05, 0.1) is 13.2 Å². The molecular formula is C14H16FNO4. The highest BCUT2D eigenvalue weighted by molar-refractivity contribution is 5.85. The number of carbonyl (C=O) groups excluding carboxylic acids is 1. The SMILES string of the molecule is CCOC(=O)N1Cc2cc(F)ccc2C[C@@]1(C)C(=O)O. The number of aliphatic carboxylic acids is 1. The third kappa shape index (κ3) is 2.33. The van der Waals surface area contributed by atoms with E-state index in [2.05, 4.69) is 0 Å². The highest BCUT2D eigenvalue weighted by Gasteiger charge is 2.46. The zero-order valence-corrected chi connectivity index (χ0v) is 11.4. The monoisotopic (exact) mass is 281 g/mol. The number of amides is 1. The normalized spacial score (nSPS) is 21.2. The lowest BCUT2D eigenvalue weighted by molar-refractivity contribution is -0.150. The first-order valence-electron chi connectivity index (χ1n) is 6.33. The maximum atomic E-state index is 13.3. The molecule has 0 saturated heterocycles. The van der Waals surface area contributed by atoms with E-state index in [9.17, 15) is 19.1 Å². The molecule has 1 aromatic rings. The van der Waals surface area contributed by atoms with Gasteiger partial charge in [-0.25, -0.2) is 14.0 Å². The van der Waals surface area contributed by atoms with Crippen LogP contribution in [0.3, 0.4) is 0 Å². The van der Waals surface area contributed by atoms with Crippen molar-refractivity contribution in [1.29, 1.82) is 0 Å². The van der Waals surface area contributed by atoms with Gasteiger partial charge in [0.2, 0.25) is 0 Å². The Kier molecular flexibility index (Phi) is 3.65. The summed E-state index contributed by atoms with van der Waals surface area (Å²) in [6.45, 7) is 3.29. The van der Waals surface area contributed by atoms with E-state index in [1.807, 2.05) is 0 Å². The maximum absolute atomic E-state index is 13.3. The Balaban J connectivity index is 2.43. The van der Waals surface area contributed by atoms with Gasteiger partial charge in [-0.15, -0.1) is 0 Å². The molecule has 1 amide bonds. The van der Waals surface area contributed by atoms with Crippen LogP contribution in [0.5, 0.6) is 0 Å². The molecule has 1 aliphatic heterocycles.